The fourth-order valence-electron chi connectivity index (χ4n) is 2.10. The van der Waals surface area contributed by atoms with Crippen LogP contribution in [0.25, 0.3) is 0 Å². The standard InChI is InChI=1S/C14H15NO4S2/c1-9-3-6-14(20-9)21(16,17)15-10(2)11-4-5-12-13(7-11)19-8-18-12/h3-7,10,15H,8H2,1-2H3. The van der Waals surface area contributed by atoms with E-state index in [1.165, 1.54) is 11.3 Å². The Balaban J connectivity index is 1.81. The molecule has 2 heterocycles. The average molecular weight is 325 g/mol. The maximum absolute atomic E-state index is 12.3. The molecule has 21 heavy (non-hydrogen) atoms. The zero-order chi connectivity index (χ0) is 15.0. The molecule has 1 aliphatic rings. The fraction of sp³-hybridized carbons (Fsp3) is 0.286. The lowest BCUT2D eigenvalue weighted by atomic mass is 10.1. The molecule has 1 N–H and O–H groups in total. The van der Waals surface area contributed by atoms with Gasteiger partial charge in [0.1, 0.15) is 4.21 Å². The number of hydrogen-bond donors (Lipinski definition) is 1. The van der Waals surface area contributed by atoms with E-state index >= 15 is 0 Å². The predicted molar refractivity (Wildman–Crippen MR) is 80.4 cm³/mol. The van der Waals surface area contributed by atoms with E-state index in [9.17, 15) is 8.42 Å². The van der Waals surface area contributed by atoms with Gasteiger partial charge in [-0.1, -0.05) is 6.07 Å². The third kappa shape index (κ3) is 2.90. The van der Waals surface area contributed by atoms with Crippen LogP contribution in [0.2, 0.25) is 0 Å². The van der Waals surface area contributed by atoms with E-state index in [1.807, 2.05) is 13.0 Å². The number of benzene rings is 1. The second kappa shape index (κ2) is 5.32. The van der Waals surface area contributed by atoms with Gasteiger partial charge in [-0.25, -0.2) is 13.1 Å². The number of fused-ring (bicyclic) bond motifs is 1. The van der Waals surface area contributed by atoms with Crippen LogP contribution in [0.4, 0.5) is 0 Å². The van der Waals surface area contributed by atoms with E-state index in [2.05, 4.69) is 4.72 Å². The molecule has 3 rings (SSSR count). The van der Waals surface area contributed by atoms with Crippen LogP contribution in [0, 0.1) is 6.92 Å². The van der Waals surface area contributed by atoms with E-state index in [0.717, 1.165) is 10.4 Å². The van der Waals surface area contributed by atoms with Gasteiger partial charge in [-0.3, -0.25) is 0 Å². The molecule has 0 saturated carbocycles. The van der Waals surface area contributed by atoms with Crippen molar-refractivity contribution in [2.24, 2.45) is 0 Å². The fourth-order valence-corrected chi connectivity index (χ4v) is 4.63. The van der Waals surface area contributed by atoms with Crippen LogP contribution >= 0.6 is 11.3 Å². The van der Waals surface area contributed by atoms with Gasteiger partial charge in [0, 0.05) is 10.9 Å². The van der Waals surface area contributed by atoms with Crippen molar-refractivity contribution in [2.75, 3.05) is 6.79 Å². The average Bonchev–Trinajstić information content (AvgIpc) is 3.05. The summed E-state index contributed by atoms with van der Waals surface area (Å²) in [6.07, 6.45) is 0. The Hall–Kier alpha value is -1.57. The molecule has 1 unspecified atom stereocenters. The molecule has 1 aromatic heterocycles. The molecule has 0 amide bonds. The first kappa shape index (κ1) is 14.4. The van der Waals surface area contributed by atoms with Gasteiger partial charge < -0.3 is 9.47 Å². The van der Waals surface area contributed by atoms with E-state index in [-0.39, 0.29) is 12.8 Å². The van der Waals surface area contributed by atoms with Crippen LogP contribution in [0.5, 0.6) is 11.5 Å². The molecule has 0 fully saturated rings. The lowest BCUT2D eigenvalue weighted by Crippen LogP contribution is -2.26. The summed E-state index contributed by atoms with van der Waals surface area (Å²) in [4.78, 5) is 0.964. The quantitative estimate of drug-likeness (QED) is 0.939. The number of thiophene rings is 1. The molecule has 0 radical (unpaired) electrons. The van der Waals surface area contributed by atoms with Crippen LogP contribution < -0.4 is 14.2 Å². The first-order valence-electron chi connectivity index (χ1n) is 6.44. The molecule has 0 saturated heterocycles. The van der Waals surface area contributed by atoms with Crippen LogP contribution in [0.15, 0.2) is 34.5 Å². The normalized spacial score (nSPS) is 15.1. The predicted octanol–water partition coefficient (Wildman–Crippen LogP) is 2.82. The van der Waals surface area contributed by atoms with Crippen LogP contribution in [0.1, 0.15) is 23.4 Å². The molecular weight excluding hydrogens is 310 g/mol. The maximum Gasteiger partial charge on any atom is 0.250 e. The van der Waals surface area contributed by atoms with Crippen LogP contribution in [-0.2, 0) is 10.0 Å². The molecule has 0 aliphatic carbocycles. The Morgan fingerprint density at radius 2 is 1.95 bits per heavy atom. The molecule has 0 bridgehead atoms. The summed E-state index contributed by atoms with van der Waals surface area (Å²) in [6.45, 7) is 3.88. The minimum absolute atomic E-state index is 0.202. The molecule has 5 nitrogen and oxygen atoms in total. The first-order valence-corrected chi connectivity index (χ1v) is 8.74. The number of nitrogens with one attached hydrogen (secondary N) is 1. The summed E-state index contributed by atoms with van der Waals surface area (Å²) < 4.78 is 38.2. The molecule has 112 valence electrons. The van der Waals surface area contributed by atoms with Crippen LogP contribution in [0.3, 0.4) is 0 Å². The second-order valence-electron chi connectivity index (χ2n) is 4.82. The van der Waals surface area contributed by atoms with Gasteiger partial charge in [0.25, 0.3) is 10.0 Å². The Kier molecular flexibility index (Phi) is 3.64. The molecule has 1 aromatic carbocycles. The van der Waals surface area contributed by atoms with Crippen molar-refractivity contribution >= 4 is 21.4 Å². The van der Waals surface area contributed by atoms with Gasteiger partial charge in [-0.2, -0.15) is 0 Å². The molecule has 1 aliphatic heterocycles. The van der Waals surface area contributed by atoms with Gasteiger partial charge in [0.05, 0.1) is 0 Å². The zero-order valence-corrected chi connectivity index (χ0v) is 13.3. The molecule has 7 heteroatoms. The van der Waals surface area contributed by atoms with Crippen molar-refractivity contribution in [1.82, 2.24) is 4.72 Å². The van der Waals surface area contributed by atoms with Crippen molar-refractivity contribution in [3.63, 3.8) is 0 Å². The number of hydrogen-bond acceptors (Lipinski definition) is 5. The minimum Gasteiger partial charge on any atom is -0.454 e. The monoisotopic (exact) mass is 325 g/mol. The third-order valence-electron chi connectivity index (χ3n) is 3.21. The highest BCUT2D eigenvalue weighted by atomic mass is 32.2. The van der Waals surface area contributed by atoms with Gasteiger partial charge >= 0.3 is 0 Å². The number of ether oxygens (including phenoxy) is 2. The lowest BCUT2D eigenvalue weighted by molar-refractivity contribution is 0.174. The Labute approximate surface area is 127 Å². The SMILES string of the molecule is Cc1ccc(S(=O)(=O)NC(C)c2ccc3c(c2)OCO3)s1. The van der Waals surface area contributed by atoms with E-state index < -0.39 is 10.0 Å². The van der Waals surface area contributed by atoms with Crippen LogP contribution in [-0.4, -0.2) is 15.2 Å². The van der Waals surface area contributed by atoms with Crippen molar-refractivity contribution in [3.05, 3.63) is 40.8 Å². The Bertz CT molecular complexity index is 767. The first-order chi connectivity index (χ1) is 9.95. The number of rotatable bonds is 4. The number of aryl methyl sites for hydroxylation is 1. The summed E-state index contributed by atoms with van der Waals surface area (Å²) in [6, 6.07) is 8.49. The van der Waals surface area contributed by atoms with Gasteiger partial charge in [0.2, 0.25) is 6.79 Å². The van der Waals surface area contributed by atoms with Gasteiger partial charge in [0.15, 0.2) is 11.5 Å². The zero-order valence-electron chi connectivity index (χ0n) is 11.6. The van der Waals surface area contributed by atoms with Crippen molar-refractivity contribution < 1.29 is 17.9 Å². The number of sulfonamides is 1. The highest BCUT2D eigenvalue weighted by molar-refractivity contribution is 7.91. The van der Waals surface area contributed by atoms with Gasteiger partial charge in [-0.05, 0) is 43.7 Å². The highest BCUT2D eigenvalue weighted by Gasteiger charge is 2.22. The molecule has 0 spiro atoms. The van der Waals surface area contributed by atoms with E-state index in [1.54, 1.807) is 31.2 Å². The molecule has 2 aromatic rings. The third-order valence-corrected chi connectivity index (χ3v) is 6.24. The van der Waals surface area contributed by atoms with Crippen molar-refractivity contribution in [2.45, 2.75) is 24.1 Å². The maximum atomic E-state index is 12.3. The molecular formula is C14H15NO4S2. The van der Waals surface area contributed by atoms with Crippen molar-refractivity contribution in [3.8, 4) is 11.5 Å². The summed E-state index contributed by atoms with van der Waals surface area (Å²) in [5.41, 5.74) is 0.830. The van der Waals surface area contributed by atoms with Crippen molar-refractivity contribution in [1.29, 1.82) is 0 Å². The smallest absolute Gasteiger partial charge is 0.250 e. The Morgan fingerprint density at radius 1 is 1.19 bits per heavy atom. The summed E-state index contributed by atoms with van der Waals surface area (Å²) in [5.74, 6) is 1.33. The summed E-state index contributed by atoms with van der Waals surface area (Å²) in [7, 11) is -3.50. The van der Waals surface area contributed by atoms with E-state index in [0.29, 0.717) is 15.7 Å². The van der Waals surface area contributed by atoms with E-state index in [4.69, 9.17) is 9.47 Å². The largest absolute Gasteiger partial charge is 0.454 e. The second-order valence-corrected chi connectivity index (χ2v) is 8.05. The molecule has 1 atom stereocenters. The highest BCUT2D eigenvalue weighted by Crippen LogP contribution is 2.34. The minimum atomic E-state index is -3.50. The topological polar surface area (TPSA) is 64.6 Å². The lowest BCUT2D eigenvalue weighted by Gasteiger charge is -2.14. The Morgan fingerprint density at radius 3 is 2.67 bits per heavy atom. The van der Waals surface area contributed by atoms with Gasteiger partial charge in [-0.15, -0.1) is 11.3 Å². The summed E-state index contributed by atoms with van der Waals surface area (Å²) in [5, 5.41) is 0. The summed E-state index contributed by atoms with van der Waals surface area (Å²) >= 11 is 1.26.